The molecule has 1 aromatic rings. The molecule has 3 nitrogen and oxygen atoms in total. The van der Waals surface area contributed by atoms with Crippen molar-refractivity contribution >= 4 is 11.6 Å². The zero-order chi connectivity index (χ0) is 10.7. The lowest BCUT2D eigenvalue weighted by molar-refractivity contribution is 0.150. The fourth-order valence-corrected chi connectivity index (χ4v) is 1.12. The number of nitrogens with zero attached hydrogens (tertiary/aromatic N) is 2. The molecule has 6 heteroatoms. The summed E-state index contributed by atoms with van der Waals surface area (Å²) in [7, 11) is 1.29. The summed E-state index contributed by atoms with van der Waals surface area (Å²) in [5.74, 6) is -0.0346. The summed E-state index contributed by atoms with van der Waals surface area (Å²) in [6.45, 7) is 0. The maximum atomic E-state index is 12.3. The molecule has 0 amide bonds. The highest BCUT2D eigenvalue weighted by Gasteiger charge is 2.17. The Labute approximate surface area is 83.9 Å². The lowest BCUT2D eigenvalue weighted by atomic mass is 10.2. The second kappa shape index (κ2) is 4.20. The van der Waals surface area contributed by atoms with E-state index in [9.17, 15) is 8.78 Å². The van der Waals surface area contributed by atoms with E-state index in [2.05, 4.69) is 9.72 Å². The number of aromatic nitrogens is 1. The molecule has 0 atom stereocenters. The monoisotopic (exact) mass is 218 g/mol. The van der Waals surface area contributed by atoms with Gasteiger partial charge in [0.05, 0.1) is 12.7 Å². The lowest BCUT2D eigenvalue weighted by Crippen LogP contribution is -1.98. The van der Waals surface area contributed by atoms with Gasteiger partial charge in [0, 0.05) is 0 Å². The summed E-state index contributed by atoms with van der Waals surface area (Å²) >= 11 is 5.57. The maximum Gasteiger partial charge on any atom is 0.266 e. The molecule has 0 radical (unpaired) electrons. The van der Waals surface area contributed by atoms with Gasteiger partial charge in [-0.25, -0.2) is 13.8 Å². The fraction of sp³-hybridized carbons (Fsp3) is 0.250. The average molecular weight is 219 g/mol. The number of alkyl halides is 2. The van der Waals surface area contributed by atoms with E-state index in [-0.39, 0.29) is 16.6 Å². The van der Waals surface area contributed by atoms with Crippen LogP contribution < -0.4 is 4.74 Å². The summed E-state index contributed by atoms with van der Waals surface area (Å²) in [6, 6.07) is 2.53. The molecule has 14 heavy (non-hydrogen) atoms. The van der Waals surface area contributed by atoms with Crippen LogP contribution in [0.3, 0.4) is 0 Å². The Morgan fingerprint density at radius 2 is 2.29 bits per heavy atom. The minimum absolute atomic E-state index is 0.0346. The van der Waals surface area contributed by atoms with Gasteiger partial charge in [-0.15, -0.1) is 0 Å². The predicted molar refractivity (Wildman–Crippen MR) is 45.5 cm³/mol. The quantitative estimate of drug-likeness (QED) is 0.766. The first-order valence-corrected chi connectivity index (χ1v) is 3.90. The van der Waals surface area contributed by atoms with Crippen LogP contribution >= 0.6 is 11.6 Å². The van der Waals surface area contributed by atoms with Crippen LogP contribution in [0.4, 0.5) is 8.78 Å². The van der Waals surface area contributed by atoms with Crippen molar-refractivity contribution in [1.82, 2.24) is 4.98 Å². The summed E-state index contributed by atoms with van der Waals surface area (Å²) in [5, 5.41) is 8.49. The third-order valence-electron chi connectivity index (χ3n) is 1.51. The van der Waals surface area contributed by atoms with Crippen LogP contribution in [-0.4, -0.2) is 12.1 Å². The predicted octanol–water partition coefficient (Wildman–Crippen LogP) is 2.55. The number of rotatable bonds is 2. The van der Waals surface area contributed by atoms with Gasteiger partial charge in [-0.2, -0.15) is 5.26 Å². The molecule has 0 aliphatic carbocycles. The summed E-state index contributed by atoms with van der Waals surface area (Å²) in [4.78, 5) is 3.54. The van der Waals surface area contributed by atoms with Crippen LogP contribution in [0.1, 0.15) is 17.7 Å². The highest BCUT2D eigenvalue weighted by molar-refractivity contribution is 6.31. The van der Waals surface area contributed by atoms with E-state index < -0.39 is 12.0 Å². The molecule has 1 rings (SSSR count). The molecule has 1 heterocycles. The molecule has 0 saturated carbocycles. The van der Waals surface area contributed by atoms with E-state index in [1.54, 1.807) is 6.07 Å². The van der Waals surface area contributed by atoms with Gasteiger partial charge in [-0.1, -0.05) is 11.6 Å². The van der Waals surface area contributed by atoms with E-state index in [1.807, 2.05) is 0 Å². The van der Waals surface area contributed by atoms with Crippen molar-refractivity contribution in [1.29, 1.82) is 5.26 Å². The first-order valence-electron chi connectivity index (χ1n) is 3.52. The van der Waals surface area contributed by atoms with Crippen LogP contribution in [0.5, 0.6) is 5.88 Å². The van der Waals surface area contributed by atoms with Gasteiger partial charge in [-0.05, 0) is 6.07 Å². The Kier molecular flexibility index (Phi) is 3.20. The number of nitriles is 1. The number of halogens is 3. The number of ether oxygens (including phenoxy) is 1. The van der Waals surface area contributed by atoms with E-state index in [0.29, 0.717) is 0 Å². The largest absolute Gasteiger partial charge is 0.480 e. The molecule has 0 aromatic carbocycles. The highest BCUT2D eigenvalue weighted by atomic mass is 35.5. The van der Waals surface area contributed by atoms with Crippen LogP contribution in [0.2, 0.25) is 5.02 Å². The van der Waals surface area contributed by atoms with E-state index in [1.165, 1.54) is 7.11 Å². The molecular weight excluding hydrogens is 214 g/mol. The maximum absolute atomic E-state index is 12.3. The second-order valence-electron chi connectivity index (χ2n) is 2.33. The van der Waals surface area contributed by atoms with Gasteiger partial charge < -0.3 is 4.74 Å². The van der Waals surface area contributed by atoms with Crippen molar-refractivity contribution < 1.29 is 13.5 Å². The molecule has 0 bridgehead atoms. The molecule has 1 aromatic heterocycles. The van der Waals surface area contributed by atoms with Gasteiger partial charge in [-0.3, -0.25) is 0 Å². The first kappa shape index (κ1) is 10.7. The van der Waals surface area contributed by atoms with Crippen LogP contribution in [0, 0.1) is 11.3 Å². The Hall–Kier alpha value is -1.41. The molecule has 0 aliphatic rings. The Morgan fingerprint density at radius 1 is 1.64 bits per heavy atom. The number of methoxy groups -OCH3 is 1. The van der Waals surface area contributed by atoms with Gasteiger partial charge in [0.2, 0.25) is 5.88 Å². The van der Waals surface area contributed by atoms with Crippen molar-refractivity contribution in [3.05, 3.63) is 22.3 Å². The van der Waals surface area contributed by atoms with E-state index >= 15 is 0 Å². The Bertz CT molecular complexity index is 390. The average Bonchev–Trinajstić information content (AvgIpc) is 2.17. The smallest absolute Gasteiger partial charge is 0.266 e. The second-order valence-corrected chi connectivity index (χ2v) is 2.74. The minimum Gasteiger partial charge on any atom is -0.480 e. The molecule has 0 unspecified atom stereocenters. The number of pyridine rings is 1. The summed E-state index contributed by atoms with van der Waals surface area (Å²) < 4.78 is 29.4. The third-order valence-corrected chi connectivity index (χ3v) is 1.78. The molecular formula is C8H5ClF2N2O. The number of hydrogen-bond donors (Lipinski definition) is 0. The minimum atomic E-state index is -2.78. The van der Waals surface area contributed by atoms with E-state index in [0.717, 1.165) is 6.07 Å². The molecule has 74 valence electrons. The molecule has 0 fully saturated rings. The Balaban J connectivity index is 3.33. The van der Waals surface area contributed by atoms with Crippen molar-refractivity contribution in [3.8, 4) is 11.9 Å². The zero-order valence-electron chi connectivity index (χ0n) is 7.09. The molecule has 0 N–H and O–H groups in total. The zero-order valence-corrected chi connectivity index (χ0v) is 7.85. The van der Waals surface area contributed by atoms with Gasteiger partial charge in [0.15, 0.2) is 5.69 Å². The lowest BCUT2D eigenvalue weighted by Gasteiger charge is -2.06. The van der Waals surface area contributed by atoms with Gasteiger partial charge >= 0.3 is 0 Å². The molecule has 0 spiro atoms. The third kappa shape index (κ3) is 1.91. The van der Waals surface area contributed by atoms with Crippen molar-refractivity contribution in [2.45, 2.75) is 6.43 Å². The molecule has 0 aliphatic heterocycles. The first-order chi connectivity index (χ1) is 6.60. The van der Waals surface area contributed by atoms with E-state index in [4.69, 9.17) is 16.9 Å². The summed E-state index contributed by atoms with van der Waals surface area (Å²) in [6.07, 6.45) is -2.78. The van der Waals surface area contributed by atoms with Crippen LogP contribution in [-0.2, 0) is 0 Å². The SMILES string of the molecule is COc1nc(C#N)c(C(F)F)cc1Cl. The standard InChI is InChI=1S/C8H5ClF2N2O/c1-14-8-5(9)2-4(7(10)11)6(3-12)13-8/h2,7H,1H3. The Morgan fingerprint density at radius 3 is 2.71 bits per heavy atom. The normalized spacial score (nSPS) is 10.0. The topological polar surface area (TPSA) is 45.9 Å². The highest BCUT2D eigenvalue weighted by Crippen LogP contribution is 2.29. The fourth-order valence-electron chi connectivity index (χ4n) is 0.885. The molecule has 0 saturated heterocycles. The van der Waals surface area contributed by atoms with Crippen LogP contribution in [0.15, 0.2) is 6.07 Å². The van der Waals surface area contributed by atoms with Crippen molar-refractivity contribution in [2.24, 2.45) is 0 Å². The van der Waals surface area contributed by atoms with Crippen molar-refractivity contribution in [2.75, 3.05) is 7.11 Å². The van der Waals surface area contributed by atoms with Crippen molar-refractivity contribution in [3.63, 3.8) is 0 Å². The van der Waals surface area contributed by atoms with Gasteiger partial charge in [0.25, 0.3) is 6.43 Å². The van der Waals surface area contributed by atoms with Crippen LogP contribution in [0.25, 0.3) is 0 Å². The summed E-state index contributed by atoms with van der Waals surface area (Å²) in [5.41, 5.74) is -0.862. The van der Waals surface area contributed by atoms with Gasteiger partial charge in [0.1, 0.15) is 11.1 Å². The number of hydrogen-bond acceptors (Lipinski definition) is 3.